The van der Waals surface area contributed by atoms with Crippen LogP contribution in [-0.4, -0.2) is 42.9 Å². The molecule has 66 valence electrons. The first-order valence-corrected chi connectivity index (χ1v) is 8.07. The molecule has 0 aromatic heterocycles. The van der Waals surface area contributed by atoms with Crippen LogP contribution >= 0.6 is 0 Å². The zero-order valence-corrected chi connectivity index (χ0v) is 9.09. The molecule has 11 heavy (non-hydrogen) atoms. The van der Waals surface area contributed by atoms with Gasteiger partial charge in [0, 0.05) is 7.11 Å². The quantitative estimate of drug-likeness (QED) is 0.474. The Morgan fingerprint density at radius 1 is 1.18 bits per heavy atom. The molecule has 0 unspecified atom stereocenters. The minimum atomic E-state index is -0.941. The molecule has 0 saturated heterocycles. The molecular weight excluding hydrogens is 180 g/mol. The number of ether oxygens (including phenoxy) is 1. The van der Waals surface area contributed by atoms with Gasteiger partial charge in [0.15, 0.2) is 0 Å². The molecule has 0 bridgehead atoms. The molecule has 0 spiro atoms. The minimum absolute atomic E-state index is 0.205. The fourth-order valence-corrected chi connectivity index (χ4v) is 2.93. The van der Waals surface area contributed by atoms with Crippen molar-refractivity contribution in [2.45, 2.75) is 13.1 Å². The average molecular weight is 194 g/mol. The van der Waals surface area contributed by atoms with Crippen LogP contribution in [0.1, 0.15) is 0 Å². The lowest BCUT2D eigenvalue weighted by molar-refractivity contribution is 0.0496. The van der Waals surface area contributed by atoms with Gasteiger partial charge in [0.25, 0.3) is 0 Å². The molecule has 2 radical (unpaired) electrons. The summed E-state index contributed by atoms with van der Waals surface area (Å²) >= 11 is 0. The van der Waals surface area contributed by atoms with Crippen LogP contribution in [0.4, 0.5) is 0 Å². The highest BCUT2D eigenvalue weighted by Crippen LogP contribution is 1.94. The summed E-state index contributed by atoms with van der Waals surface area (Å²) in [7, 11) is -0.252. The molecule has 6 heteroatoms. The van der Waals surface area contributed by atoms with E-state index in [-0.39, 0.29) is 6.79 Å². The van der Waals surface area contributed by atoms with Gasteiger partial charge in [-0.3, -0.25) is 0 Å². The lowest BCUT2D eigenvalue weighted by Crippen LogP contribution is -2.36. The molecule has 0 amide bonds. The summed E-state index contributed by atoms with van der Waals surface area (Å²) in [5.74, 6) is 0. The molecule has 0 aliphatic rings. The molecule has 4 nitrogen and oxygen atoms in total. The number of hydrogen-bond acceptors (Lipinski definition) is 4. The van der Waals surface area contributed by atoms with Gasteiger partial charge in [0.2, 0.25) is 17.1 Å². The smallest absolute Gasteiger partial charge is 0.229 e. The van der Waals surface area contributed by atoms with Crippen LogP contribution in [0.15, 0.2) is 0 Å². The van der Waals surface area contributed by atoms with E-state index in [0.29, 0.717) is 6.79 Å². The van der Waals surface area contributed by atoms with E-state index in [1.807, 2.05) is 13.1 Å². The van der Waals surface area contributed by atoms with E-state index in [2.05, 4.69) is 0 Å². The van der Waals surface area contributed by atoms with Gasteiger partial charge in [-0.15, -0.1) is 0 Å². The highest BCUT2D eigenvalue weighted by molar-refractivity contribution is 7.15. The van der Waals surface area contributed by atoms with Gasteiger partial charge < -0.3 is 18.7 Å². The molecule has 0 rings (SSSR count). The highest BCUT2D eigenvalue weighted by atomic mass is 29.2. The standard InChI is InChI=1S/C5H14O4Si2/c1-7-5-9-11(3)10(2)8-4-6/h6H,4-5H2,1-3H3. The summed E-state index contributed by atoms with van der Waals surface area (Å²) in [5.41, 5.74) is 0. The van der Waals surface area contributed by atoms with E-state index in [9.17, 15) is 0 Å². The van der Waals surface area contributed by atoms with E-state index in [1.165, 1.54) is 0 Å². The lowest BCUT2D eigenvalue weighted by atomic mass is 11.4. The second kappa shape index (κ2) is 6.95. The van der Waals surface area contributed by atoms with Gasteiger partial charge in [-0.25, -0.2) is 0 Å². The first-order valence-electron chi connectivity index (χ1n) is 3.25. The van der Waals surface area contributed by atoms with Gasteiger partial charge >= 0.3 is 0 Å². The zero-order valence-electron chi connectivity index (χ0n) is 7.09. The lowest BCUT2D eigenvalue weighted by Gasteiger charge is -2.14. The Bertz CT molecular complexity index is 92.6. The summed E-state index contributed by atoms with van der Waals surface area (Å²) < 4.78 is 15.1. The molecule has 0 heterocycles. The molecule has 0 aromatic carbocycles. The second-order valence-electron chi connectivity index (χ2n) is 1.94. The van der Waals surface area contributed by atoms with E-state index >= 15 is 0 Å². The average Bonchev–Trinajstić information content (AvgIpc) is 2.00. The molecule has 0 atom stereocenters. The normalized spacial score (nSPS) is 11.5. The van der Waals surface area contributed by atoms with Gasteiger partial charge in [0.05, 0.1) is 0 Å². The molecule has 0 aromatic rings. The molecule has 0 aliphatic heterocycles. The van der Waals surface area contributed by atoms with Crippen molar-refractivity contribution in [1.29, 1.82) is 0 Å². The summed E-state index contributed by atoms with van der Waals surface area (Å²) in [6, 6.07) is 0. The van der Waals surface area contributed by atoms with Gasteiger partial charge in [-0.05, 0) is 13.1 Å². The van der Waals surface area contributed by atoms with Gasteiger partial charge in [-0.1, -0.05) is 0 Å². The van der Waals surface area contributed by atoms with Crippen molar-refractivity contribution in [3.8, 4) is 0 Å². The number of aliphatic hydroxyl groups excluding tert-OH is 1. The fraction of sp³-hybridized carbons (Fsp3) is 1.00. The van der Waals surface area contributed by atoms with Crippen LogP contribution in [0.5, 0.6) is 0 Å². The first kappa shape index (κ1) is 11.3. The van der Waals surface area contributed by atoms with E-state index in [1.54, 1.807) is 7.11 Å². The summed E-state index contributed by atoms with van der Waals surface area (Å²) in [5, 5.41) is 8.44. The predicted octanol–water partition coefficient (Wildman–Crippen LogP) is -0.106. The Kier molecular flexibility index (Phi) is 7.12. The Balaban J connectivity index is 3.38. The number of rotatable bonds is 6. The summed E-state index contributed by atoms with van der Waals surface area (Å²) in [6.07, 6.45) is 0. The Labute approximate surface area is 70.3 Å². The maximum Gasteiger partial charge on any atom is 0.229 e. The van der Waals surface area contributed by atoms with Crippen LogP contribution in [-0.2, 0) is 13.6 Å². The SMILES string of the molecule is COCO[Si](C)[Si](C)OCO. The van der Waals surface area contributed by atoms with Crippen molar-refractivity contribution in [3.05, 3.63) is 0 Å². The zero-order chi connectivity index (χ0) is 8.69. The van der Waals surface area contributed by atoms with Crippen molar-refractivity contribution < 1.29 is 18.7 Å². The van der Waals surface area contributed by atoms with Crippen LogP contribution in [0.2, 0.25) is 13.1 Å². The third kappa shape index (κ3) is 5.53. The van der Waals surface area contributed by atoms with Crippen LogP contribution in [0.25, 0.3) is 0 Å². The minimum Gasteiger partial charge on any atom is -0.396 e. The van der Waals surface area contributed by atoms with E-state index in [0.717, 1.165) is 0 Å². The predicted molar refractivity (Wildman–Crippen MR) is 44.4 cm³/mol. The van der Waals surface area contributed by atoms with Crippen LogP contribution < -0.4 is 0 Å². The second-order valence-corrected chi connectivity index (χ2v) is 8.96. The first-order chi connectivity index (χ1) is 5.22. The highest BCUT2D eigenvalue weighted by Gasteiger charge is 2.19. The Morgan fingerprint density at radius 3 is 2.18 bits per heavy atom. The summed E-state index contributed by atoms with van der Waals surface area (Å²) in [4.78, 5) is 0. The van der Waals surface area contributed by atoms with Crippen molar-refractivity contribution >= 4 is 17.1 Å². The third-order valence-corrected chi connectivity index (χ3v) is 7.12. The maximum atomic E-state index is 8.44. The number of hydrogen-bond donors (Lipinski definition) is 1. The summed E-state index contributed by atoms with van der Waals surface area (Å²) in [6.45, 7) is 4.10. The topological polar surface area (TPSA) is 47.9 Å². The van der Waals surface area contributed by atoms with Crippen LogP contribution in [0.3, 0.4) is 0 Å². The number of aliphatic hydroxyl groups is 1. The van der Waals surface area contributed by atoms with Crippen LogP contribution in [0, 0.1) is 0 Å². The number of methoxy groups -OCH3 is 1. The third-order valence-electron chi connectivity index (χ3n) is 1.17. The van der Waals surface area contributed by atoms with Crippen molar-refractivity contribution in [2.75, 3.05) is 20.7 Å². The van der Waals surface area contributed by atoms with Gasteiger partial charge in [-0.2, -0.15) is 0 Å². The monoisotopic (exact) mass is 194 g/mol. The maximum absolute atomic E-state index is 8.44. The van der Waals surface area contributed by atoms with Crippen molar-refractivity contribution in [1.82, 2.24) is 0 Å². The Morgan fingerprint density at radius 2 is 1.73 bits per heavy atom. The molecule has 0 fully saturated rings. The van der Waals surface area contributed by atoms with E-state index < -0.39 is 17.1 Å². The molecule has 0 saturated carbocycles. The molecular formula is C5H14O4Si2. The molecule has 1 N–H and O–H groups in total. The largest absolute Gasteiger partial charge is 0.396 e. The van der Waals surface area contributed by atoms with E-state index in [4.69, 9.17) is 18.7 Å². The van der Waals surface area contributed by atoms with Crippen molar-refractivity contribution in [3.63, 3.8) is 0 Å². The van der Waals surface area contributed by atoms with Gasteiger partial charge in [0.1, 0.15) is 13.6 Å². The van der Waals surface area contributed by atoms with Crippen molar-refractivity contribution in [2.24, 2.45) is 0 Å². The molecule has 0 aliphatic carbocycles. The fourth-order valence-electron chi connectivity index (χ4n) is 0.447. The Hall–Kier alpha value is 0.274.